The molecule has 0 aliphatic carbocycles. The Hall–Kier alpha value is -3.18. The summed E-state index contributed by atoms with van der Waals surface area (Å²) in [5, 5.41) is 7.93. The lowest BCUT2D eigenvalue weighted by Crippen LogP contribution is -2.51. The average molecular weight is 542 g/mol. The number of hydrogen-bond donors (Lipinski definition) is 0. The van der Waals surface area contributed by atoms with Crippen molar-refractivity contribution in [1.29, 1.82) is 0 Å². The molecule has 0 radical (unpaired) electrons. The van der Waals surface area contributed by atoms with Crippen molar-refractivity contribution in [1.82, 2.24) is 19.5 Å². The highest BCUT2D eigenvalue weighted by atomic mass is 32.2. The summed E-state index contributed by atoms with van der Waals surface area (Å²) in [4.78, 5) is 18.3. The van der Waals surface area contributed by atoms with Crippen molar-refractivity contribution >= 4 is 21.6 Å². The second kappa shape index (κ2) is 9.85. The fourth-order valence-electron chi connectivity index (χ4n) is 5.96. The van der Waals surface area contributed by atoms with Gasteiger partial charge >= 0.3 is 0 Å². The Morgan fingerprint density at radius 3 is 2.16 bits per heavy atom. The summed E-state index contributed by atoms with van der Waals surface area (Å²) < 4.78 is 39.3. The minimum absolute atomic E-state index is 0.0351. The molecule has 204 valence electrons. The number of aryl methyl sites for hydroxylation is 6. The van der Waals surface area contributed by atoms with E-state index in [9.17, 15) is 13.2 Å². The SMILES string of the molecule is Cc1ccc(C)c(N2CCN(C(=O)[C@@H]3CN(S(=O)(=O)c4c(C)noc4C)C[C@H]3c3c(C)noc3C)CC2)c1. The number of anilines is 1. The summed E-state index contributed by atoms with van der Waals surface area (Å²) in [6.07, 6.45) is 0. The number of nitrogens with zero attached hydrogens (tertiary/aromatic N) is 5. The Labute approximate surface area is 223 Å². The largest absolute Gasteiger partial charge is 0.368 e. The predicted octanol–water partition coefficient (Wildman–Crippen LogP) is 3.27. The van der Waals surface area contributed by atoms with Gasteiger partial charge in [0, 0.05) is 56.4 Å². The number of sulfonamides is 1. The summed E-state index contributed by atoms with van der Waals surface area (Å²) >= 11 is 0. The van der Waals surface area contributed by atoms with E-state index in [0.29, 0.717) is 30.2 Å². The maximum Gasteiger partial charge on any atom is 0.248 e. The number of rotatable bonds is 5. The van der Waals surface area contributed by atoms with Gasteiger partial charge in [-0.2, -0.15) is 4.31 Å². The first kappa shape index (κ1) is 26.4. The summed E-state index contributed by atoms with van der Waals surface area (Å²) in [6, 6.07) is 6.42. The maximum absolute atomic E-state index is 14.0. The highest BCUT2D eigenvalue weighted by molar-refractivity contribution is 7.89. The minimum Gasteiger partial charge on any atom is -0.368 e. The van der Waals surface area contributed by atoms with Crippen molar-refractivity contribution in [2.24, 2.45) is 5.92 Å². The molecule has 10 nitrogen and oxygen atoms in total. The van der Waals surface area contributed by atoms with Crippen LogP contribution in [-0.4, -0.2) is 73.1 Å². The number of amides is 1. The van der Waals surface area contributed by atoms with Crippen LogP contribution in [-0.2, 0) is 14.8 Å². The molecule has 0 unspecified atom stereocenters. The molecule has 2 aromatic heterocycles. The van der Waals surface area contributed by atoms with Crippen LogP contribution in [0.25, 0.3) is 0 Å². The highest BCUT2D eigenvalue weighted by Gasteiger charge is 2.48. The molecule has 1 amide bonds. The predicted molar refractivity (Wildman–Crippen MR) is 142 cm³/mol. The fraction of sp³-hybridized carbons (Fsp3) is 0.519. The van der Waals surface area contributed by atoms with E-state index in [0.717, 1.165) is 18.7 Å². The molecule has 2 fully saturated rings. The van der Waals surface area contributed by atoms with Crippen molar-refractivity contribution in [3.8, 4) is 0 Å². The number of aromatic nitrogens is 2. The van der Waals surface area contributed by atoms with Gasteiger partial charge < -0.3 is 18.8 Å². The van der Waals surface area contributed by atoms with Gasteiger partial charge in [0.25, 0.3) is 0 Å². The zero-order valence-corrected chi connectivity index (χ0v) is 23.6. The summed E-state index contributed by atoms with van der Waals surface area (Å²) in [5.74, 6) is -0.0854. The Morgan fingerprint density at radius 1 is 0.895 bits per heavy atom. The summed E-state index contributed by atoms with van der Waals surface area (Å²) in [5.41, 5.74) is 5.43. The van der Waals surface area contributed by atoms with Crippen LogP contribution in [0.15, 0.2) is 32.1 Å². The van der Waals surface area contributed by atoms with Gasteiger partial charge in [-0.15, -0.1) is 0 Å². The van der Waals surface area contributed by atoms with Crippen molar-refractivity contribution < 1.29 is 22.3 Å². The van der Waals surface area contributed by atoms with E-state index in [1.165, 1.54) is 21.1 Å². The van der Waals surface area contributed by atoms with E-state index in [-0.39, 0.29) is 35.6 Å². The normalized spacial score (nSPS) is 20.9. The lowest BCUT2D eigenvalue weighted by atomic mass is 9.86. The van der Waals surface area contributed by atoms with E-state index in [2.05, 4.69) is 47.3 Å². The molecule has 2 aliphatic heterocycles. The molecule has 0 N–H and O–H groups in total. The monoisotopic (exact) mass is 541 g/mol. The second-order valence-corrected chi connectivity index (χ2v) is 12.4. The van der Waals surface area contributed by atoms with Crippen LogP contribution in [0.5, 0.6) is 0 Å². The third-order valence-corrected chi connectivity index (χ3v) is 10.0. The Morgan fingerprint density at radius 2 is 1.55 bits per heavy atom. The Bertz CT molecular complexity index is 1430. The molecule has 2 atom stereocenters. The highest BCUT2D eigenvalue weighted by Crippen LogP contribution is 2.40. The lowest BCUT2D eigenvalue weighted by molar-refractivity contribution is -0.135. The molecule has 2 aliphatic rings. The molecule has 0 saturated carbocycles. The van der Waals surface area contributed by atoms with Crippen LogP contribution < -0.4 is 4.90 Å². The molecule has 38 heavy (non-hydrogen) atoms. The first-order valence-electron chi connectivity index (χ1n) is 13.0. The molecule has 1 aromatic carbocycles. The Kier molecular flexibility index (Phi) is 6.85. The van der Waals surface area contributed by atoms with Gasteiger partial charge in [-0.3, -0.25) is 4.79 Å². The topological polar surface area (TPSA) is 113 Å². The summed E-state index contributed by atoms with van der Waals surface area (Å²) in [7, 11) is -3.91. The number of benzene rings is 1. The standard InChI is InChI=1S/C27H35N5O5S/c1-16-7-8-17(2)24(13-16)30-9-11-31(12-10-30)27(33)23-15-32(14-22(23)25-18(3)28-36-20(25)5)38(34,35)26-19(4)29-37-21(26)6/h7-8,13,22-23H,9-12,14-15H2,1-6H3/t22-,23-/m1/s1. The minimum atomic E-state index is -3.91. The van der Waals surface area contributed by atoms with Gasteiger partial charge in [0.15, 0.2) is 5.76 Å². The smallest absolute Gasteiger partial charge is 0.248 e. The third-order valence-electron chi connectivity index (χ3n) is 7.93. The van der Waals surface area contributed by atoms with E-state index >= 15 is 0 Å². The summed E-state index contributed by atoms with van der Waals surface area (Å²) in [6.45, 7) is 13.9. The van der Waals surface area contributed by atoms with Gasteiger partial charge in [0.2, 0.25) is 15.9 Å². The molecule has 5 rings (SSSR count). The fourth-order valence-corrected chi connectivity index (χ4v) is 7.74. The van der Waals surface area contributed by atoms with Crippen LogP contribution in [0.1, 0.15) is 45.5 Å². The molecule has 3 aromatic rings. The first-order valence-corrected chi connectivity index (χ1v) is 14.4. The van der Waals surface area contributed by atoms with Gasteiger partial charge in [0.05, 0.1) is 11.6 Å². The van der Waals surface area contributed by atoms with Crippen LogP contribution in [0.3, 0.4) is 0 Å². The average Bonchev–Trinajstić information content (AvgIpc) is 3.57. The molecular formula is C27H35N5O5S. The number of hydrogen-bond acceptors (Lipinski definition) is 8. The van der Waals surface area contributed by atoms with E-state index in [4.69, 9.17) is 9.05 Å². The molecule has 0 spiro atoms. The first-order chi connectivity index (χ1) is 18.0. The van der Waals surface area contributed by atoms with Crippen molar-refractivity contribution in [2.45, 2.75) is 52.4 Å². The van der Waals surface area contributed by atoms with Gasteiger partial charge in [-0.1, -0.05) is 22.4 Å². The lowest BCUT2D eigenvalue weighted by Gasteiger charge is -2.38. The van der Waals surface area contributed by atoms with Crippen LogP contribution in [0.2, 0.25) is 0 Å². The van der Waals surface area contributed by atoms with Crippen LogP contribution in [0, 0.1) is 47.5 Å². The molecule has 4 heterocycles. The van der Waals surface area contributed by atoms with E-state index in [1.54, 1.807) is 13.8 Å². The zero-order valence-electron chi connectivity index (χ0n) is 22.8. The zero-order chi connectivity index (χ0) is 27.4. The van der Waals surface area contributed by atoms with Crippen molar-refractivity contribution in [3.05, 3.63) is 57.8 Å². The van der Waals surface area contributed by atoms with E-state index < -0.39 is 15.9 Å². The van der Waals surface area contributed by atoms with Crippen molar-refractivity contribution in [3.63, 3.8) is 0 Å². The quantitative estimate of drug-likeness (QED) is 0.484. The Balaban J connectivity index is 1.40. The van der Waals surface area contributed by atoms with Crippen LogP contribution in [0.4, 0.5) is 5.69 Å². The molecular weight excluding hydrogens is 506 g/mol. The molecule has 11 heteroatoms. The number of carbonyl (C=O) groups excluding carboxylic acids is 1. The number of carbonyl (C=O) groups is 1. The molecule has 0 bridgehead atoms. The van der Waals surface area contributed by atoms with Gasteiger partial charge in [-0.25, -0.2) is 8.42 Å². The molecule has 2 saturated heterocycles. The van der Waals surface area contributed by atoms with Gasteiger partial charge in [0.1, 0.15) is 16.3 Å². The van der Waals surface area contributed by atoms with E-state index in [1.807, 2.05) is 18.7 Å². The number of piperazine rings is 1. The second-order valence-electron chi connectivity index (χ2n) is 10.5. The maximum atomic E-state index is 14.0. The van der Waals surface area contributed by atoms with Gasteiger partial charge in [-0.05, 0) is 58.7 Å². The van der Waals surface area contributed by atoms with Crippen molar-refractivity contribution in [2.75, 3.05) is 44.2 Å². The van der Waals surface area contributed by atoms with Crippen LogP contribution >= 0.6 is 0 Å². The third kappa shape index (κ3) is 4.51.